The molecule has 1 nitrogen and oxygen atoms in total. The van der Waals surface area contributed by atoms with Crippen LogP contribution < -0.4 is 4.90 Å². The van der Waals surface area contributed by atoms with Gasteiger partial charge in [-0.05, 0) is 113 Å². The molecule has 0 radical (unpaired) electrons. The molecule has 1 aliphatic rings. The number of hydrogen-bond acceptors (Lipinski definition) is 1. The van der Waals surface area contributed by atoms with Crippen LogP contribution in [0.4, 0.5) is 17.1 Å². The van der Waals surface area contributed by atoms with Gasteiger partial charge in [-0.2, -0.15) is 0 Å². The Morgan fingerprint density at radius 1 is 0.258 bits per heavy atom. The van der Waals surface area contributed by atoms with Crippen LogP contribution in [0.25, 0.3) is 66.4 Å². The van der Waals surface area contributed by atoms with E-state index in [0.717, 1.165) is 28.2 Å². The highest BCUT2D eigenvalue weighted by molar-refractivity contribution is 5.98. The van der Waals surface area contributed by atoms with E-state index in [1.54, 1.807) is 0 Å². The zero-order valence-electron chi connectivity index (χ0n) is 36.4. The topological polar surface area (TPSA) is 3.24 Å². The summed E-state index contributed by atoms with van der Waals surface area (Å²) in [5, 5.41) is 2.50. The van der Waals surface area contributed by atoms with E-state index in [4.69, 9.17) is 0 Å². The largest absolute Gasteiger partial charge is 0.310 e. The summed E-state index contributed by atoms with van der Waals surface area (Å²) in [6.07, 6.45) is 0. The van der Waals surface area contributed by atoms with Gasteiger partial charge in [0.15, 0.2) is 0 Å². The Labute approximate surface area is 387 Å². The maximum atomic E-state index is 2.41. The molecule has 0 saturated heterocycles. The monoisotopic (exact) mass is 839 g/mol. The van der Waals surface area contributed by atoms with E-state index in [2.05, 4.69) is 278 Å². The minimum absolute atomic E-state index is 0.456. The van der Waals surface area contributed by atoms with Gasteiger partial charge in [0, 0.05) is 16.9 Å². The second-order valence-electron chi connectivity index (χ2n) is 17.2. The lowest BCUT2D eigenvalue weighted by Crippen LogP contribution is -2.28. The molecule has 0 N–H and O–H groups in total. The van der Waals surface area contributed by atoms with Crippen LogP contribution in [-0.4, -0.2) is 0 Å². The Bertz CT molecular complexity index is 3440. The van der Waals surface area contributed by atoms with E-state index in [1.807, 2.05) is 0 Å². The summed E-state index contributed by atoms with van der Waals surface area (Å²) in [5.41, 5.74) is 20.1. The van der Waals surface area contributed by atoms with Crippen molar-refractivity contribution in [3.63, 3.8) is 0 Å². The lowest BCUT2D eigenvalue weighted by Gasteiger charge is -2.34. The Hall–Kier alpha value is -8.52. The Morgan fingerprint density at radius 2 is 0.682 bits per heavy atom. The summed E-state index contributed by atoms with van der Waals surface area (Å²) in [6.45, 7) is 0. The van der Waals surface area contributed by atoms with Crippen molar-refractivity contribution >= 4 is 27.8 Å². The van der Waals surface area contributed by atoms with Crippen LogP contribution in [0.3, 0.4) is 0 Å². The fraction of sp³-hybridized carbons (Fsp3) is 0.0154. The predicted molar refractivity (Wildman–Crippen MR) is 278 cm³/mol. The zero-order valence-corrected chi connectivity index (χ0v) is 36.4. The number of benzene rings is 11. The minimum Gasteiger partial charge on any atom is -0.310 e. The van der Waals surface area contributed by atoms with Crippen LogP contribution in [0.2, 0.25) is 0 Å². The third-order valence-corrected chi connectivity index (χ3v) is 13.6. The maximum absolute atomic E-state index is 2.41. The second kappa shape index (κ2) is 16.6. The minimum atomic E-state index is -0.456. The Kier molecular flexibility index (Phi) is 9.81. The molecule has 0 bridgehead atoms. The summed E-state index contributed by atoms with van der Waals surface area (Å²) in [7, 11) is 0. The molecule has 12 rings (SSSR count). The second-order valence-corrected chi connectivity index (χ2v) is 17.2. The first-order valence-electron chi connectivity index (χ1n) is 22.8. The van der Waals surface area contributed by atoms with Gasteiger partial charge in [-0.15, -0.1) is 0 Å². The fourth-order valence-electron chi connectivity index (χ4n) is 10.6. The van der Waals surface area contributed by atoms with E-state index in [9.17, 15) is 0 Å². The molecule has 0 amide bonds. The lowest BCUT2D eigenvalue weighted by atomic mass is 9.67. The molecule has 1 aliphatic carbocycles. The standard InChI is InChI=1S/C65H45N/c1-4-18-46(19-5-1)47-34-36-50(37-35-47)58-27-13-15-33-63(58)66(54-42-38-49(39-43-54)57-29-16-21-48-20-10-11-26-56(48)57)55-44-40-51(41-45-55)59-30-17-32-62-64(59)60-28-12-14-31-61(60)65(62,52-22-6-2-7-23-52)53-24-8-3-9-25-53/h1-45H. The molecule has 11 aromatic rings. The SMILES string of the molecule is c1ccc(-c2ccc(-c3ccccc3N(c3ccc(-c4cccc5c4-c4ccccc4C5(c4ccccc4)c4ccccc4)cc3)c3ccc(-c4cccc5ccccc45)cc3)cc2)cc1. The highest BCUT2D eigenvalue weighted by Gasteiger charge is 2.46. The molecule has 0 heterocycles. The molecular formula is C65H45N. The molecule has 0 aliphatic heterocycles. The molecule has 11 aromatic carbocycles. The molecular weight excluding hydrogens is 795 g/mol. The number of para-hydroxylation sites is 1. The van der Waals surface area contributed by atoms with E-state index in [0.29, 0.717) is 0 Å². The van der Waals surface area contributed by atoms with Crippen molar-refractivity contribution in [2.24, 2.45) is 0 Å². The number of fused-ring (bicyclic) bond motifs is 4. The summed E-state index contributed by atoms with van der Waals surface area (Å²) in [6, 6.07) is 99.9. The highest BCUT2D eigenvalue weighted by Crippen LogP contribution is 2.58. The van der Waals surface area contributed by atoms with Crippen LogP contribution in [0.5, 0.6) is 0 Å². The van der Waals surface area contributed by atoms with E-state index < -0.39 is 5.41 Å². The molecule has 1 heteroatoms. The van der Waals surface area contributed by atoms with Gasteiger partial charge in [0.05, 0.1) is 11.1 Å². The van der Waals surface area contributed by atoms with Gasteiger partial charge in [0.2, 0.25) is 0 Å². The zero-order chi connectivity index (χ0) is 43.9. The smallest absolute Gasteiger partial charge is 0.0713 e. The fourth-order valence-corrected chi connectivity index (χ4v) is 10.6. The number of rotatable bonds is 9. The van der Waals surface area contributed by atoms with Gasteiger partial charge >= 0.3 is 0 Å². The number of hydrogen-bond donors (Lipinski definition) is 0. The van der Waals surface area contributed by atoms with Crippen molar-refractivity contribution in [1.82, 2.24) is 0 Å². The third-order valence-electron chi connectivity index (χ3n) is 13.6. The first-order chi connectivity index (χ1) is 32.8. The third kappa shape index (κ3) is 6.56. The normalized spacial score (nSPS) is 12.4. The van der Waals surface area contributed by atoms with E-state index >= 15 is 0 Å². The van der Waals surface area contributed by atoms with Crippen LogP contribution in [0.1, 0.15) is 22.3 Å². The summed E-state index contributed by atoms with van der Waals surface area (Å²) in [5.74, 6) is 0. The van der Waals surface area contributed by atoms with Crippen molar-refractivity contribution in [2.45, 2.75) is 5.41 Å². The molecule has 66 heavy (non-hydrogen) atoms. The average molecular weight is 840 g/mol. The van der Waals surface area contributed by atoms with Crippen LogP contribution >= 0.6 is 0 Å². The van der Waals surface area contributed by atoms with Crippen molar-refractivity contribution in [1.29, 1.82) is 0 Å². The predicted octanol–water partition coefficient (Wildman–Crippen LogP) is 17.3. The van der Waals surface area contributed by atoms with Gasteiger partial charge in [0.1, 0.15) is 0 Å². The summed E-state index contributed by atoms with van der Waals surface area (Å²) in [4.78, 5) is 2.41. The van der Waals surface area contributed by atoms with Crippen LogP contribution in [-0.2, 0) is 5.41 Å². The van der Waals surface area contributed by atoms with Crippen molar-refractivity contribution in [3.8, 4) is 55.6 Å². The maximum Gasteiger partial charge on any atom is 0.0713 e. The Balaban J connectivity index is 0.995. The van der Waals surface area contributed by atoms with Gasteiger partial charge < -0.3 is 4.90 Å². The number of anilines is 3. The average Bonchev–Trinajstić information content (AvgIpc) is 3.71. The first kappa shape index (κ1) is 39.1. The summed E-state index contributed by atoms with van der Waals surface area (Å²) >= 11 is 0. The van der Waals surface area contributed by atoms with Gasteiger partial charge in [-0.25, -0.2) is 0 Å². The van der Waals surface area contributed by atoms with Crippen LogP contribution in [0.15, 0.2) is 273 Å². The van der Waals surface area contributed by atoms with Gasteiger partial charge in [-0.1, -0.05) is 243 Å². The quantitative estimate of drug-likeness (QED) is 0.140. The molecule has 310 valence electrons. The van der Waals surface area contributed by atoms with Gasteiger partial charge in [0.25, 0.3) is 0 Å². The first-order valence-corrected chi connectivity index (χ1v) is 22.8. The van der Waals surface area contributed by atoms with Crippen molar-refractivity contribution < 1.29 is 0 Å². The number of nitrogens with zero attached hydrogens (tertiary/aromatic N) is 1. The van der Waals surface area contributed by atoms with Gasteiger partial charge in [-0.3, -0.25) is 0 Å². The van der Waals surface area contributed by atoms with Crippen molar-refractivity contribution in [2.75, 3.05) is 4.90 Å². The lowest BCUT2D eigenvalue weighted by molar-refractivity contribution is 0.768. The van der Waals surface area contributed by atoms with Crippen LogP contribution in [0, 0.1) is 0 Å². The molecule has 0 aromatic heterocycles. The van der Waals surface area contributed by atoms with Crippen molar-refractivity contribution in [3.05, 3.63) is 295 Å². The Morgan fingerprint density at radius 3 is 1.36 bits per heavy atom. The summed E-state index contributed by atoms with van der Waals surface area (Å²) < 4.78 is 0. The molecule has 0 fully saturated rings. The van der Waals surface area contributed by atoms with E-state index in [1.165, 1.54) is 77.5 Å². The van der Waals surface area contributed by atoms with E-state index in [-0.39, 0.29) is 0 Å². The molecule has 0 spiro atoms. The molecule has 0 unspecified atom stereocenters. The molecule has 0 atom stereocenters. The molecule has 0 saturated carbocycles. The highest BCUT2D eigenvalue weighted by atomic mass is 15.1.